The van der Waals surface area contributed by atoms with Gasteiger partial charge in [0, 0.05) is 18.3 Å². The molecule has 0 aliphatic heterocycles. The van der Waals surface area contributed by atoms with Gasteiger partial charge in [0.25, 0.3) is 5.91 Å². The van der Waals surface area contributed by atoms with Gasteiger partial charge in [0.1, 0.15) is 5.75 Å². The molecule has 2 amide bonds. The Morgan fingerprint density at radius 2 is 1.69 bits per heavy atom. The molecule has 0 radical (unpaired) electrons. The number of carbonyl (C=O) groups is 2. The van der Waals surface area contributed by atoms with Gasteiger partial charge in [0.2, 0.25) is 5.91 Å². The van der Waals surface area contributed by atoms with Crippen LogP contribution in [0.4, 0.5) is 11.4 Å². The summed E-state index contributed by atoms with van der Waals surface area (Å²) < 4.78 is 6.46. The van der Waals surface area contributed by atoms with Gasteiger partial charge < -0.3 is 15.4 Å². The van der Waals surface area contributed by atoms with Crippen molar-refractivity contribution < 1.29 is 14.3 Å². The van der Waals surface area contributed by atoms with Crippen molar-refractivity contribution in [3.8, 4) is 5.75 Å². The highest BCUT2D eigenvalue weighted by molar-refractivity contribution is 9.10. The summed E-state index contributed by atoms with van der Waals surface area (Å²) >= 11 is 3.53. The fourth-order valence-electron chi connectivity index (χ4n) is 2.54. The van der Waals surface area contributed by atoms with E-state index >= 15 is 0 Å². The Morgan fingerprint density at radius 3 is 2.46 bits per heavy atom. The zero-order valence-corrected chi connectivity index (χ0v) is 15.7. The minimum atomic E-state index is -0.287. The summed E-state index contributed by atoms with van der Waals surface area (Å²) in [5.41, 5.74) is 1.20. The standard InChI is InChI=1S/C20H17BrN2O3/c1-13(24)22-15-6-4-7-16(11-15)23-19(25)12-26-18-10-9-14-5-2-3-8-17(14)20(18)21/h2-11H,12H2,1H3,(H,22,24)(H,23,25). The molecule has 0 saturated heterocycles. The van der Waals surface area contributed by atoms with Gasteiger partial charge in [-0.1, -0.05) is 36.4 Å². The smallest absolute Gasteiger partial charge is 0.262 e. The Bertz CT molecular complexity index is 972. The molecule has 0 atom stereocenters. The molecule has 0 heterocycles. The van der Waals surface area contributed by atoms with Crippen LogP contribution in [0.5, 0.6) is 5.75 Å². The number of ether oxygens (including phenoxy) is 1. The van der Waals surface area contributed by atoms with Gasteiger partial charge in [-0.2, -0.15) is 0 Å². The van der Waals surface area contributed by atoms with E-state index in [0.29, 0.717) is 17.1 Å². The van der Waals surface area contributed by atoms with Crippen molar-refractivity contribution >= 4 is 49.9 Å². The van der Waals surface area contributed by atoms with E-state index in [9.17, 15) is 9.59 Å². The first-order valence-corrected chi connectivity index (χ1v) is 8.80. The Morgan fingerprint density at radius 1 is 0.962 bits per heavy atom. The number of fused-ring (bicyclic) bond motifs is 1. The van der Waals surface area contributed by atoms with E-state index in [1.807, 2.05) is 36.4 Å². The zero-order chi connectivity index (χ0) is 18.5. The fourth-order valence-corrected chi connectivity index (χ4v) is 3.15. The Hall–Kier alpha value is -2.86. The lowest BCUT2D eigenvalue weighted by molar-refractivity contribution is -0.118. The Labute approximate surface area is 159 Å². The van der Waals surface area contributed by atoms with Crippen LogP contribution in [0.3, 0.4) is 0 Å². The third kappa shape index (κ3) is 4.40. The fraction of sp³-hybridized carbons (Fsp3) is 0.100. The quantitative estimate of drug-likeness (QED) is 0.644. The predicted octanol–water partition coefficient (Wildman–Crippen LogP) is 4.58. The third-order valence-corrected chi connectivity index (χ3v) is 4.47. The Balaban J connectivity index is 1.64. The molecule has 3 aromatic carbocycles. The summed E-state index contributed by atoms with van der Waals surface area (Å²) in [7, 11) is 0. The number of benzene rings is 3. The number of nitrogens with one attached hydrogen (secondary N) is 2. The van der Waals surface area contributed by atoms with Crippen LogP contribution in [0.1, 0.15) is 6.92 Å². The zero-order valence-electron chi connectivity index (χ0n) is 14.1. The molecule has 6 heteroatoms. The van der Waals surface area contributed by atoms with E-state index in [1.54, 1.807) is 24.3 Å². The van der Waals surface area contributed by atoms with Crippen LogP contribution in [0, 0.1) is 0 Å². The number of carbonyl (C=O) groups excluding carboxylic acids is 2. The molecule has 2 N–H and O–H groups in total. The molecular weight excluding hydrogens is 396 g/mol. The van der Waals surface area contributed by atoms with Crippen LogP contribution < -0.4 is 15.4 Å². The average Bonchev–Trinajstić information content (AvgIpc) is 2.61. The normalized spacial score (nSPS) is 10.4. The maximum Gasteiger partial charge on any atom is 0.262 e. The average molecular weight is 413 g/mol. The van der Waals surface area contributed by atoms with Crippen molar-refractivity contribution in [1.82, 2.24) is 0 Å². The van der Waals surface area contributed by atoms with E-state index in [1.165, 1.54) is 6.92 Å². The SMILES string of the molecule is CC(=O)Nc1cccc(NC(=O)COc2ccc3ccccc3c2Br)c1. The van der Waals surface area contributed by atoms with Crippen LogP contribution in [-0.4, -0.2) is 18.4 Å². The first kappa shape index (κ1) is 17.9. The van der Waals surface area contributed by atoms with Crippen molar-refractivity contribution in [2.45, 2.75) is 6.92 Å². The second-order valence-electron chi connectivity index (χ2n) is 5.70. The Kier molecular flexibility index (Phi) is 5.53. The molecule has 3 rings (SSSR count). The third-order valence-electron chi connectivity index (χ3n) is 3.65. The molecule has 0 aliphatic rings. The molecule has 0 aliphatic carbocycles. The molecular formula is C20H17BrN2O3. The number of amides is 2. The minimum absolute atomic E-state index is 0.124. The minimum Gasteiger partial charge on any atom is -0.483 e. The van der Waals surface area contributed by atoms with Gasteiger partial charge in [0.05, 0.1) is 4.47 Å². The molecule has 0 aromatic heterocycles. The van der Waals surface area contributed by atoms with E-state index in [-0.39, 0.29) is 18.4 Å². The highest BCUT2D eigenvalue weighted by Crippen LogP contribution is 2.33. The van der Waals surface area contributed by atoms with Gasteiger partial charge in [-0.05, 0) is 51.0 Å². The van der Waals surface area contributed by atoms with Crippen molar-refractivity contribution in [3.05, 3.63) is 65.1 Å². The number of hydrogen-bond acceptors (Lipinski definition) is 3. The first-order valence-electron chi connectivity index (χ1n) is 8.00. The molecule has 0 bridgehead atoms. The summed E-state index contributed by atoms with van der Waals surface area (Å²) in [6, 6.07) is 18.6. The van der Waals surface area contributed by atoms with Crippen molar-refractivity contribution in [2.24, 2.45) is 0 Å². The number of halogens is 1. The predicted molar refractivity (Wildman–Crippen MR) is 107 cm³/mol. The molecule has 0 unspecified atom stereocenters. The van der Waals surface area contributed by atoms with E-state index < -0.39 is 0 Å². The first-order chi connectivity index (χ1) is 12.5. The molecule has 0 saturated carbocycles. The van der Waals surface area contributed by atoms with Crippen molar-refractivity contribution in [3.63, 3.8) is 0 Å². The number of hydrogen-bond donors (Lipinski definition) is 2. The molecule has 0 spiro atoms. The maximum absolute atomic E-state index is 12.2. The van der Waals surface area contributed by atoms with Crippen molar-refractivity contribution in [1.29, 1.82) is 0 Å². The second-order valence-corrected chi connectivity index (χ2v) is 6.49. The summed E-state index contributed by atoms with van der Waals surface area (Å²) in [5, 5.41) is 7.54. The summed E-state index contributed by atoms with van der Waals surface area (Å²) in [6.07, 6.45) is 0. The van der Waals surface area contributed by atoms with Crippen LogP contribution in [0.2, 0.25) is 0 Å². The maximum atomic E-state index is 12.2. The van der Waals surface area contributed by atoms with Crippen LogP contribution in [-0.2, 0) is 9.59 Å². The lowest BCUT2D eigenvalue weighted by Gasteiger charge is -2.11. The summed E-state index contributed by atoms with van der Waals surface area (Å²) in [6.45, 7) is 1.31. The lowest BCUT2D eigenvalue weighted by atomic mass is 10.1. The number of anilines is 2. The van der Waals surface area contributed by atoms with Gasteiger partial charge in [-0.15, -0.1) is 0 Å². The van der Waals surface area contributed by atoms with Gasteiger partial charge in [-0.25, -0.2) is 0 Å². The largest absolute Gasteiger partial charge is 0.483 e. The summed E-state index contributed by atoms with van der Waals surface area (Å²) in [4.78, 5) is 23.3. The lowest BCUT2D eigenvalue weighted by Crippen LogP contribution is -2.20. The van der Waals surface area contributed by atoms with Gasteiger partial charge in [0.15, 0.2) is 6.61 Å². The molecule has 0 fully saturated rings. The summed E-state index contributed by atoms with van der Waals surface area (Å²) in [5.74, 6) is 0.147. The van der Waals surface area contributed by atoms with Crippen LogP contribution in [0.25, 0.3) is 10.8 Å². The van der Waals surface area contributed by atoms with Gasteiger partial charge in [-0.3, -0.25) is 9.59 Å². The highest BCUT2D eigenvalue weighted by Gasteiger charge is 2.09. The second kappa shape index (κ2) is 8.01. The monoisotopic (exact) mass is 412 g/mol. The van der Waals surface area contributed by atoms with Gasteiger partial charge >= 0.3 is 0 Å². The van der Waals surface area contributed by atoms with Crippen molar-refractivity contribution in [2.75, 3.05) is 17.2 Å². The molecule has 26 heavy (non-hydrogen) atoms. The molecule has 3 aromatic rings. The van der Waals surface area contributed by atoms with E-state index in [2.05, 4.69) is 26.6 Å². The van der Waals surface area contributed by atoms with E-state index in [0.717, 1.165) is 15.2 Å². The molecule has 5 nitrogen and oxygen atoms in total. The molecule has 132 valence electrons. The topological polar surface area (TPSA) is 67.4 Å². The number of rotatable bonds is 5. The van der Waals surface area contributed by atoms with E-state index in [4.69, 9.17) is 4.74 Å². The van der Waals surface area contributed by atoms with Crippen LogP contribution >= 0.6 is 15.9 Å². The van der Waals surface area contributed by atoms with Crippen LogP contribution in [0.15, 0.2) is 65.1 Å². The highest BCUT2D eigenvalue weighted by atomic mass is 79.9.